The quantitative estimate of drug-likeness (QED) is 0.647. The molecule has 1 amide bonds. The molecule has 0 radical (unpaired) electrons. The van der Waals surface area contributed by atoms with Gasteiger partial charge in [0.05, 0.1) is 29.3 Å². The molecule has 8 heteroatoms. The number of amides is 1. The summed E-state index contributed by atoms with van der Waals surface area (Å²) in [5, 5.41) is 3.09. The summed E-state index contributed by atoms with van der Waals surface area (Å²) in [7, 11) is 0. The van der Waals surface area contributed by atoms with E-state index in [9.17, 15) is 4.79 Å². The fraction of sp³-hybridized carbons (Fsp3) is 0.364. The lowest BCUT2D eigenvalue weighted by Crippen LogP contribution is -2.49. The van der Waals surface area contributed by atoms with E-state index in [-0.39, 0.29) is 24.8 Å². The van der Waals surface area contributed by atoms with Gasteiger partial charge in [-0.2, -0.15) is 0 Å². The van der Waals surface area contributed by atoms with Crippen LogP contribution in [0.25, 0.3) is 0 Å². The van der Waals surface area contributed by atoms with Crippen LogP contribution in [0, 0.1) is 6.92 Å². The molecule has 0 bridgehead atoms. The van der Waals surface area contributed by atoms with Gasteiger partial charge in [0.1, 0.15) is 5.69 Å². The zero-order valence-corrected chi connectivity index (χ0v) is 17.5. The smallest absolute Gasteiger partial charge is 0.271 e. The predicted molar refractivity (Wildman–Crippen MR) is 112 cm³/mol. The fourth-order valence-corrected chi connectivity index (χ4v) is 5.46. The number of fused-ring (bicyclic) bond motifs is 4. The Kier molecular flexibility index (Phi) is 4.10. The van der Waals surface area contributed by atoms with Crippen LogP contribution in [-0.4, -0.2) is 51.2 Å². The summed E-state index contributed by atoms with van der Waals surface area (Å²) in [6.45, 7) is 5.41. The van der Waals surface area contributed by atoms with Crippen LogP contribution in [0.4, 0.5) is 0 Å². The molecule has 0 unspecified atom stereocenters. The maximum atomic E-state index is 13.3. The first-order valence-corrected chi connectivity index (χ1v) is 11.0. The van der Waals surface area contributed by atoms with Crippen molar-refractivity contribution in [3.8, 4) is 11.5 Å². The van der Waals surface area contributed by atoms with Gasteiger partial charge in [0, 0.05) is 31.2 Å². The number of hydrogen-bond acceptors (Lipinski definition) is 6. The van der Waals surface area contributed by atoms with Crippen molar-refractivity contribution < 1.29 is 14.3 Å². The average Bonchev–Trinajstić information content (AvgIpc) is 3.51. The van der Waals surface area contributed by atoms with Crippen molar-refractivity contribution in [3.63, 3.8) is 0 Å². The number of carbonyl (C=O) groups is 1. The molecule has 3 aromatic rings. The molecule has 2 aromatic heterocycles. The average molecular weight is 423 g/mol. The second-order valence-electron chi connectivity index (χ2n) is 8.11. The van der Waals surface area contributed by atoms with Gasteiger partial charge in [0.15, 0.2) is 11.5 Å². The zero-order valence-electron chi connectivity index (χ0n) is 16.7. The van der Waals surface area contributed by atoms with E-state index in [1.165, 1.54) is 5.56 Å². The van der Waals surface area contributed by atoms with Crippen LogP contribution >= 0.6 is 11.3 Å². The van der Waals surface area contributed by atoms with Crippen LogP contribution in [0.3, 0.4) is 0 Å². The number of ether oxygens (including phenoxy) is 2. The molecule has 3 aliphatic heterocycles. The van der Waals surface area contributed by atoms with E-state index in [2.05, 4.69) is 32.0 Å². The Morgan fingerprint density at radius 2 is 2.00 bits per heavy atom. The molecule has 1 fully saturated rings. The molecule has 30 heavy (non-hydrogen) atoms. The summed E-state index contributed by atoms with van der Waals surface area (Å²) in [5.74, 6) is 1.71. The normalized spacial score (nSPS) is 22.4. The van der Waals surface area contributed by atoms with Crippen molar-refractivity contribution in [1.29, 1.82) is 0 Å². The molecule has 0 aliphatic carbocycles. The van der Waals surface area contributed by atoms with Crippen molar-refractivity contribution in [3.05, 3.63) is 63.9 Å². The standard InChI is InChI=1S/C22H22N4O3S/c1-14-23-16(12-30-14)9-26-19-11-24(8-15-4-5-20-21(7-15)29-13-28-20)10-18(19)25-6-2-3-17(25)22(26)27/h2-7,12,18-19H,8-11,13H2,1H3/t18-,19+/m0/s1. The number of rotatable bonds is 4. The van der Waals surface area contributed by atoms with Crippen molar-refractivity contribution in [1.82, 2.24) is 19.4 Å². The monoisotopic (exact) mass is 422 g/mol. The van der Waals surface area contributed by atoms with Crippen molar-refractivity contribution in [2.75, 3.05) is 19.9 Å². The Labute approximate surface area is 178 Å². The summed E-state index contributed by atoms with van der Waals surface area (Å²) < 4.78 is 13.1. The third kappa shape index (κ3) is 2.90. The van der Waals surface area contributed by atoms with Crippen LogP contribution in [0.15, 0.2) is 41.9 Å². The largest absolute Gasteiger partial charge is 0.454 e. The number of aryl methyl sites for hydroxylation is 1. The molecule has 6 rings (SSSR count). The van der Waals surface area contributed by atoms with Gasteiger partial charge < -0.3 is 18.9 Å². The van der Waals surface area contributed by atoms with E-state index in [1.54, 1.807) is 11.3 Å². The molecule has 0 saturated carbocycles. The van der Waals surface area contributed by atoms with Gasteiger partial charge in [-0.3, -0.25) is 9.69 Å². The lowest BCUT2D eigenvalue weighted by Gasteiger charge is -2.38. The van der Waals surface area contributed by atoms with Gasteiger partial charge in [0.2, 0.25) is 6.79 Å². The minimum absolute atomic E-state index is 0.0943. The van der Waals surface area contributed by atoms with Crippen LogP contribution in [0.1, 0.15) is 32.8 Å². The minimum Gasteiger partial charge on any atom is -0.454 e. The topological polar surface area (TPSA) is 59.8 Å². The molecule has 5 heterocycles. The van der Waals surface area contributed by atoms with Gasteiger partial charge in [-0.25, -0.2) is 4.98 Å². The lowest BCUT2D eigenvalue weighted by atomic mass is 10.1. The Morgan fingerprint density at radius 3 is 2.87 bits per heavy atom. The first-order valence-electron chi connectivity index (χ1n) is 10.2. The fourth-order valence-electron chi connectivity index (χ4n) is 4.86. The molecule has 0 N–H and O–H groups in total. The van der Waals surface area contributed by atoms with Gasteiger partial charge >= 0.3 is 0 Å². The number of carbonyl (C=O) groups excluding carboxylic acids is 1. The molecule has 154 valence electrons. The maximum absolute atomic E-state index is 13.3. The van der Waals surface area contributed by atoms with E-state index >= 15 is 0 Å². The Hall–Kier alpha value is -2.84. The number of aromatic nitrogens is 2. The highest BCUT2D eigenvalue weighted by Crippen LogP contribution is 2.37. The molecule has 1 saturated heterocycles. The first kappa shape index (κ1) is 18.0. The summed E-state index contributed by atoms with van der Waals surface area (Å²) in [6.07, 6.45) is 2.04. The van der Waals surface area contributed by atoms with Crippen LogP contribution in [-0.2, 0) is 13.1 Å². The SMILES string of the molecule is Cc1nc(CN2C(=O)c3cccn3[C@H]3CN(Cc4ccc5c(c4)OCO5)C[C@H]32)cs1. The number of hydrogen-bond donors (Lipinski definition) is 0. The number of nitrogens with zero attached hydrogens (tertiary/aromatic N) is 4. The second-order valence-corrected chi connectivity index (χ2v) is 9.17. The third-order valence-electron chi connectivity index (χ3n) is 6.19. The van der Waals surface area contributed by atoms with Crippen LogP contribution in [0.5, 0.6) is 11.5 Å². The van der Waals surface area contributed by atoms with Crippen molar-refractivity contribution >= 4 is 17.2 Å². The van der Waals surface area contributed by atoms with Gasteiger partial charge in [0.25, 0.3) is 5.91 Å². The van der Waals surface area contributed by atoms with Gasteiger partial charge in [-0.05, 0) is 36.8 Å². The minimum atomic E-state index is 0.0943. The zero-order chi connectivity index (χ0) is 20.2. The summed E-state index contributed by atoms with van der Waals surface area (Å²) >= 11 is 1.63. The number of benzene rings is 1. The summed E-state index contributed by atoms with van der Waals surface area (Å²) in [4.78, 5) is 22.3. The van der Waals surface area contributed by atoms with E-state index in [0.717, 1.165) is 47.5 Å². The second kappa shape index (κ2) is 6.85. The van der Waals surface area contributed by atoms with Crippen LogP contribution in [0.2, 0.25) is 0 Å². The highest BCUT2D eigenvalue weighted by molar-refractivity contribution is 7.09. The highest BCUT2D eigenvalue weighted by atomic mass is 32.1. The van der Waals surface area contributed by atoms with Gasteiger partial charge in [-0.15, -0.1) is 11.3 Å². The lowest BCUT2D eigenvalue weighted by molar-refractivity contribution is 0.0553. The molecule has 7 nitrogen and oxygen atoms in total. The third-order valence-corrected chi connectivity index (χ3v) is 7.02. The maximum Gasteiger partial charge on any atom is 0.271 e. The molecule has 0 spiro atoms. The molecular weight excluding hydrogens is 400 g/mol. The number of thiazole rings is 1. The molecular formula is C22H22N4O3S. The summed E-state index contributed by atoms with van der Waals surface area (Å²) in [5.41, 5.74) is 2.94. The predicted octanol–water partition coefficient (Wildman–Crippen LogP) is 3.06. The molecule has 3 aliphatic rings. The molecule has 2 atom stereocenters. The van der Waals surface area contributed by atoms with E-state index < -0.39 is 0 Å². The van der Waals surface area contributed by atoms with E-state index in [0.29, 0.717) is 6.54 Å². The van der Waals surface area contributed by atoms with Crippen molar-refractivity contribution in [2.24, 2.45) is 0 Å². The summed E-state index contributed by atoms with van der Waals surface area (Å²) in [6, 6.07) is 10.4. The highest BCUT2D eigenvalue weighted by Gasteiger charge is 2.45. The Bertz CT molecular complexity index is 1120. The van der Waals surface area contributed by atoms with E-state index in [1.807, 2.05) is 36.2 Å². The van der Waals surface area contributed by atoms with Crippen LogP contribution < -0.4 is 9.47 Å². The Balaban J connectivity index is 1.27. The van der Waals surface area contributed by atoms with Crippen molar-refractivity contribution in [2.45, 2.75) is 32.1 Å². The van der Waals surface area contributed by atoms with Gasteiger partial charge in [-0.1, -0.05) is 6.07 Å². The number of likely N-dealkylation sites (tertiary alicyclic amines) is 1. The molecule has 1 aromatic carbocycles. The first-order chi connectivity index (χ1) is 14.7. The Morgan fingerprint density at radius 1 is 1.13 bits per heavy atom. The van der Waals surface area contributed by atoms with E-state index in [4.69, 9.17) is 9.47 Å².